The summed E-state index contributed by atoms with van der Waals surface area (Å²) >= 11 is 6.16. The number of carbonyl (C=O) groups excluding carboxylic acids is 2. The van der Waals surface area contributed by atoms with Crippen molar-refractivity contribution in [1.29, 1.82) is 0 Å². The van der Waals surface area contributed by atoms with Gasteiger partial charge >= 0.3 is 0 Å². The van der Waals surface area contributed by atoms with E-state index < -0.39 is 17.5 Å². The molecule has 5 N–H and O–H groups in total. The Labute approximate surface area is 167 Å². The molecule has 0 bridgehead atoms. The number of nitrogens with one attached hydrogen (secondary N) is 1. The summed E-state index contributed by atoms with van der Waals surface area (Å²) in [5.41, 5.74) is 11.2. The van der Waals surface area contributed by atoms with Gasteiger partial charge < -0.3 is 16.8 Å². The number of anilines is 1. The molecule has 1 amide bonds. The van der Waals surface area contributed by atoms with E-state index in [2.05, 4.69) is 10.3 Å². The lowest BCUT2D eigenvalue weighted by molar-refractivity contribution is -0.118. The number of amides is 1. The normalized spacial score (nSPS) is 15.8. The third-order valence-electron chi connectivity index (χ3n) is 4.80. The van der Waals surface area contributed by atoms with Crippen molar-refractivity contribution in [2.75, 3.05) is 5.73 Å². The number of nitrogen functional groups attached to an aromatic ring is 1. The molecule has 28 heavy (non-hydrogen) atoms. The Bertz CT molecular complexity index is 900. The van der Waals surface area contributed by atoms with E-state index in [9.17, 15) is 9.59 Å². The first kappa shape index (κ1) is 20.2. The number of primary amides is 1. The van der Waals surface area contributed by atoms with Crippen LogP contribution in [0.2, 0.25) is 5.02 Å². The van der Waals surface area contributed by atoms with Gasteiger partial charge in [0.15, 0.2) is 5.78 Å². The molecule has 1 aromatic heterocycles. The Balaban J connectivity index is 1.95. The van der Waals surface area contributed by atoms with E-state index in [0.29, 0.717) is 5.56 Å². The average Bonchev–Trinajstić information content (AvgIpc) is 3.45. The Hall–Kier alpha value is -2.51. The maximum Gasteiger partial charge on any atom is 0.218 e. The van der Waals surface area contributed by atoms with Crippen LogP contribution in [0.15, 0.2) is 30.5 Å². The summed E-state index contributed by atoms with van der Waals surface area (Å²) in [6.07, 6.45) is 3.31. The Morgan fingerprint density at radius 2 is 2.04 bits per heavy atom. The van der Waals surface area contributed by atoms with Gasteiger partial charge in [0.05, 0.1) is 10.6 Å². The Kier molecular flexibility index (Phi) is 5.96. The molecule has 6 nitrogen and oxygen atoms in total. The minimum Gasteiger partial charge on any atom is -0.384 e. The summed E-state index contributed by atoms with van der Waals surface area (Å²) in [6.45, 7) is 1.82. The molecule has 3 rings (SSSR count). The van der Waals surface area contributed by atoms with E-state index in [1.807, 2.05) is 6.92 Å². The van der Waals surface area contributed by atoms with Crippen molar-refractivity contribution in [3.05, 3.63) is 58.0 Å². The standard InChI is InChI=1S/C20H22ClFN4O2/c1-10(8-16(24)27)26-19(11-2-3-11)13-5-6-14(21)17(18(13)22)20(28)12-4-7-15(23)25-9-12/h4-7,9-11,19,26H,2-3,8H2,1H3,(H2,23,25)(H2,24,27). The van der Waals surface area contributed by atoms with E-state index in [1.165, 1.54) is 24.4 Å². The predicted octanol–water partition coefficient (Wildman–Crippen LogP) is 2.99. The molecule has 0 saturated heterocycles. The van der Waals surface area contributed by atoms with Gasteiger partial charge in [-0.05, 0) is 43.9 Å². The molecule has 1 fully saturated rings. The van der Waals surface area contributed by atoms with E-state index >= 15 is 4.39 Å². The van der Waals surface area contributed by atoms with Gasteiger partial charge in [-0.25, -0.2) is 9.37 Å². The summed E-state index contributed by atoms with van der Waals surface area (Å²) in [7, 11) is 0. The number of rotatable bonds is 8. The van der Waals surface area contributed by atoms with Crippen LogP contribution in [0.5, 0.6) is 0 Å². The fourth-order valence-corrected chi connectivity index (χ4v) is 3.51. The number of benzene rings is 1. The van der Waals surface area contributed by atoms with Crippen LogP contribution in [0.1, 0.15) is 53.7 Å². The van der Waals surface area contributed by atoms with Crippen LogP contribution >= 0.6 is 11.6 Å². The van der Waals surface area contributed by atoms with E-state index in [4.69, 9.17) is 23.1 Å². The van der Waals surface area contributed by atoms with Gasteiger partial charge in [0.2, 0.25) is 5.91 Å². The van der Waals surface area contributed by atoms with E-state index in [1.54, 1.807) is 6.07 Å². The highest BCUT2D eigenvalue weighted by Gasteiger charge is 2.36. The maximum atomic E-state index is 15.4. The van der Waals surface area contributed by atoms with Gasteiger partial charge in [-0.2, -0.15) is 0 Å². The van der Waals surface area contributed by atoms with Crippen LogP contribution < -0.4 is 16.8 Å². The Morgan fingerprint density at radius 3 is 2.61 bits per heavy atom. The Morgan fingerprint density at radius 1 is 1.32 bits per heavy atom. The van der Waals surface area contributed by atoms with E-state index in [-0.39, 0.29) is 46.4 Å². The van der Waals surface area contributed by atoms with Crippen LogP contribution in [-0.2, 0) is 4.79 Å². The smallest absolute Gasteiger partial charge is 0.218 e. The highest BCUT2D eigenvalue weighted by Crippen LogP contribution is 2.43. The quantitative estimate of drug-likeness (QED) is 0.585. The third-order valence-corrected chi connectivity index (χ3v) is 5.11. The van der Waals surface area contributed by atoms with Crippen molar-refractivity contribution >= 4 is 29.1 Å². The van der Waals surface area contributed by atoms with Crippen LogP contribution in [-0.4, -0.2) is 22.7 Å². The topological polar surface area (TPSA) is 111 Å². The van der Waals surface area contributed by atoms with Gasteiger partial charge in [-0.3, -0.25) is 9.59 Å². The van der Waals surface area contributed by atoms with Crippen molar-refractivity contribution in [1.82, 2.24) is 10.3 Å². The van der Waals surface area contributed by atoms with Crippen LogP contribution in [0.4, 0.5) is 10.2 Å². The molecule has 2 unspecified atom stereocenters. The first-order valence-electron chi connectivity index (χ1n) is 9.06. The molecule has 1 heterocycles. The van der Waals surface area contributed by atoms with Crippen LogP contribution in [0, 0.1) is 11.7 Å². The second kappa shape index (κ2) is 8.24. The molecule has 148 valence electrons. The molecule has 0 aliphatic heterocycles. The fraction of sp³-hybridized carbons (Fsp3) is 0.350. The van der Waals surface area contributed by atoms with Crippen molar-refractivity contribution in [2.24, 2.45) is 11.7 Å². The summed E-state index contributed by atoms with van der Waals surface area (Å²) in [5, 5.41) is 3.31. The van der Waals surface area contributed by atoms with Gasteiger partial charge in [-0.15, -0.1) is 0 Å². The molecule has 0 radical (unpaired) electrons. The zero-order valence-corrected chi connectivity index (χ0v) is 16.2. The predicted molar refractivity (Wildman–Crippen MR) is 105 cm³/mol. The fourth-order valence-electron chi connectivity index (χ4n) is 3.28. The number of aromatic nitrogens is 1. The van der Waals surface area contributed by atoms with Gasteiger partial charge in [0.1, 0.15) is 11.6 Å². The number of hydrogen-bond acceptors (Lipinski definition) is 5. The van der Waals surface area contributed by atoms with Crippen molar-refractivity contribution in [2.45, 2.75) is 38.3 Å². The summed E-state index contributed by atoms with van der Waals surface area (Å²) < 4.78 is 15.4. The summed E-state index contributed by atoms with van der Waals surface area (Å²) in [6, 6.07) is 5.51. The monoisotopic (exact) mass is 404 g/mol. The minimum atomic E-state index is -0.662. The SMILES string of the molecule is CC(CC(N)=O)NC(c1ccc(Cl)c(C(=O)c2ccc(N)nc2)c1F)C1CC1. The lowest BCUT2D eigenvalue weighted by atomic mass is 9.95. The van der Waals surface area contributed by atoms with Gasteiger partial charge in [-0.1, -0.05) is 17.7 Å². The number of hydrogen-bond donors (Lipinski definition) is 3. The second-order valence-electron chi connectivity index (χ2n) is 7.18. The molecule has 1 aliphatic rings. The number of carbonyl (C=O) groups is 2. The molecule has 2 aromatic rings. The molecule has 2 atom stereocenters. The lowest BCUT2D eigenvalue weighted by Crippen LogP contribution is -2.35. The molecular formula is C20H22ClFN4O2. The number of ketones is 1. The summed E-state index contributed by atoms with van der Waals surface area (Å²) in [4.78, 5) is 27.9. The van der Waals surface area contributed by atoms with Crippen LogP contribution in [0.3, 0.4) is 0 Å². The van der Waals surface area contributed by atoms with Crippen LogP contribution in [0.25, 0.3) is 0 Å². The zero-order chi connectivity index (χ0) is 20.4. The van der Waals surface area contributed by atoms with Gasteiger partial charge in [0, 0.05) is 35.8 Å². The minimum absolute atomic E-state index is 0.0304. The molecule has 0 spiro atoms. The molecule has 1 saturated carbocycles. The van der Waals surface area contributed by atoms with E-state index in [0.717, 1.165) is 12.8 Å². The first-order valence-corrected chi connectivity index (χ1v) is 9.44. The largest absolute Gasteiger partial charge is 0.384 e. The number of nitrogens with zero attached hydrogens (tertiary/aromatic N) is 1. The third kappa shape index (κ3) is 4.48. The maximum absolute atomic E-state index is 15.4. The average molecular weight is 405 g/mol. The van der Waals surface area contributed by atoms with Gasteiger partial charge in [0.25, 0.3) is 0 Å². The van der Waals surface area contributed by atoms with Crippen molar-refractivity contribution in [3.8, 4) is 0 Å². The first-order chi connectivity index (χ1) is 13.3. The lowest BCUT2D eigenvalue weighted by Gasteiger charge is -2.24. The molecule has 1 aromatic carbocycles. The second-order valence-corrected chi connectivity index (χ2v) is 7.59. The number of halogens is 2. The highest BCUT2D eigenvalue weighted by atomic mass is 35.5. The summed E-state index contributed by atoms with van der Waals surface area (Å²) in [5.74, 6) is -1.16. The number of nitrogens with two attached hydrogens (primary N) is 2. The molecule has 1 aliphatic carbocycles. The zero-order valence-electron chi connectivity index (χ0n) is 15.4. The highest BCUT2D eigenvalue weighted by molar-refractivity contribution is 6.35. The number of pyridine rings is 1. The molecule has 8 heteroatoms. The van der Waals surface area contributed by atoms with Crippen molar-refractivity contribution < 1.29 is 14.0 Å². The van der Waals surface area contributed by atoms with Crippen molar-refractivity contribution in [3.63, 3.8) is 0 Å². The molecular weight excluding hydrogens is 383 g/mol.